The zero-order chi connectivity index (χ0) is 20.0. The minimum atomic E-state index is 0.0824. The molecule has 4 nitrogen and oxygen atoms in total. The van der Waals surface area contributed by atoms with Crippen molar-refractivity contribution < 1.29 is 9.59 Å². The minimum Gasteiger partial charge on any atom is -0.352 e. The van der Waals surface area contributed by atoms with Crippen molar-refractivity contribution in [2.75, 3.05) is 5.32 Å². The summed E-state index contributed by atoms with van der Waals surface area (Å²) in [6.45, 7) is 2.63. The maximum absolute atomic E-state index is 11.9. The molecular formula is C24H32N2O2. The lowest BCUT2D eigenvalue weighted by Crippen LogP contribution is -2.22. The monoisotopic (exact) mass is 380 g/mol. The van der Waals surface area contributed by atoms with Crippen molar-refractivity contribution in [1.29, 1.82) is 0 Å². The van der Waals surface area contributed by atoms with Gasteiger partial charge in [-0.25, -0.2) is 0 Å². The second-order valence-corrected chi connectivity index (χ2v) is 7.30. The molecule has 0 atom stereocenters. The Morgan fingerprint density at radius 3 is 1.93 bits per heavy atom. The summed E-state index contributed by atoms with van der Waals surface area (Å²) in [4.78, 5) is 23.8. The maximum atomic E-state index is 11.9. The van der Waals surface area contributed by atoms with E-state index < -0.39 is 0 Å². The van der Waals surface area contributed by atoms with E-state index in [1.807, 2.05) is 61.5 Å². The number of anilines is 1. The highest BCUT2D eigenvalue weighted by molar-refractivity contribution is 5.90. The number of nitrogens with one attached hydrogen (secondary N) is 2. The number of aryl methyl sites for hydroxylation is 1. The van der Waals surface area contributed by atoms with Crippen molar-refractivity contribution >= 4 is 17.5 Å². The highest BCUT2D eigenvalue weighted by Gasteiger charge is 2.03. The van der Waals surface area contributed by atoms with E-state index in [4.69, 9.17) is 0 Å². The van der Waals surface area contributed by atoms with Gasteiger partial charge in [0.1, 0.15) is 0 Å². The van der Waals surface area contributed by atoms with Gasteiger partial charge in [-0.2, -0.15) is 0 Å². The topological polar surface area (TPSA) is 58.2 Å². The largest absolute Gasteiger partial charge is 0.352 e. The summed E-state index contributed by atoms with van der Waals surface area (Å²) < 4.78 is 0. The van der Waals surface area contributed by atoms with Crippen LogP contribution in [0.1, 0.15) is 62.5 Å². The molecule has 0 radical (unpaired) electrons. The first-order valence-corrected chi connectivity index (χ1v) is 10.3. The van der Waals surface area contributed by atoms with Gasteiger partial charge in [0, 0.05) is 25.1 Å². The molecule has 0 fully saturated rings. The van der Waals surface area contributed by atoms with Gasteiger partial charge in [0.2, 0.25) is 11.8 Å². The Morgan fingerprint density at radius 2 is 1.29 bits per heavy atom. The Morgan fingerprint density at radius 1 is 0.714 bits per heavy atom. The first kappa shape index (κ1) is 21.7. The van der Waals surface area contributed by atoms with Crippen molar-refractivity contribution in [3.63, 3.8) is 0 Å². The zero-order valence-electron chi connectivity index (χ0n) is 16.9. The summed E-state index contributed by atoms with van der Waals surface area (Å²) in [6, 6.07) is 17.8. The van der Waals surface area contributed by atoms with E-state index in [-0.39, 0.29) is 11.8 Å². The van der Waals surface area contributed by atoms with E-state index in [1.165, 1.54) is 5.56 Å². The number of rotatable bonds is 12. The molecule has 0 heterocycles. The average molecular weight is 381 g/mol. The molecule has 2 aromatic rings. The van der Waals surface area contributed by atoms with Crippen LogP contribution in [-0.4, -0.2) is 11.8 Å². The minimum absolute atomic E-state index is 0.0824. The van der Waals surface area contributed by atoms with Crippen LogP contribution >= 0.6 is 0 Å². The number of benzene rings is 2. The number of carbonyl (C=O) groups is 2. The number of amides is 2. The molecule has 4 heteroatoms. The van der Waals surface area contributed by atoms with Crippen molar-refractivity contribution in [1.82, 2.24) is 5.32 Å². The van der Waals surface area contributed by atoms with E-state index in [0.29, 0.717) is 19.4 Å². The molecule has 0 aliphatic carbocycles. The van der Waals surface area contributed by atoms with Crippen LogP contribution < -0.4 is 10.6 Å². The van der Waals surface area contributed by atoms with Gasteiger partial charge in [0.25, 0.3) is 0 Å². The standard InChI is InChI=1S/C24H32N2O2/c1-20-15-17-22(18-16-20)26-24(28)14-10-5-3-2-4-9-13-23(27)25-19-21-11-7-6-8-12-21/h6-8,11-12,15-18H,2-5,9-10,13-14,19H2,1H3,(H,25,27)(H,26,28). The lowest BCUT2D eigenvalue weighted by atomic mass is 10.1. The molecule has 2 rings (SSSR count). The summed E-state index contributed by atoms with van der Waals surface area (Å²) in [6.07, 6.45) is 7.34. The molecule has 0 saturated carbocycles. The fourth-order valence-electron chi connectivity index (χ4n) is 3.02. The van der Waals surface area contributed by atoms with Gasteiger partial charge in [-0.1, -0.05) is 73.7 Å². The first-order chi connectivity index (χ1) is 13.6. The zero-order valence-corrected chi connectivity index (χ0v) is 16.9. The molecule has 0 saturated heterocycles. The Balaban J connectivity index is 1.42. The van der Waals surface area contributed by atoms with Gasteiger partial charge in [0.05, 0.1) is 0 Å². The molecular weight excluding hydrogens is 348 g/mol. The van der Waals surface area contributed by atoms with Crippen LogP contribution in [-0.2, 0) is 16.1 Å². The van der Waals surface area contributed by atoms with Crippen molar-refractivity contribution in [3.8, 4) is 0 Å². The van der Waals surface area contributed by atoms with Gasteiger partial charge in [0.15, 0.2) is 0 Å². The molecule has 0 aromatic heterocycles. The molecule has 2 N–H and O–H groups in total. The molecule has 2 aromatic carbocycles. The molecule has 2 amide bonds. The normalized spacial score (nSPS) is 10.5. The van der Waals surface area contributed by atoms with Crippen LogP contribution in [0, 0.1) is 6.92 Å². The smallest absolute Gasteiger partial charge is 0.224 e. The fraction of sp³-hybridized carbons (Fsp3) is 0.417. The third-order valence-electron chi connectivity index (χ3n) is 4.73. The number of hydrogen-bond acceptors (Lipinski definition) is 2. The summed E-state index contributed by atoms with van der Waals surface area (Å²) in [5.74, 6) is 0.204. The van der Waals surface area contributed by atoms with Crippen LogP contribution in [0.4, 0.5) is 5.69 Å². The van der Waals surface area contributed by atoms with Crippen LogP contribution in [0.25, 0.3) is 0 Å². The third kappa shape index (κ3) is 9.36. The van der Waals surface area contributed by atoms with E-state index in [2.05, 4.69) is 10.6 Å². The van der Waals surface area contributed by atoms with E-state index >= 15 is 0 Å². The predicted octanol–water partition coefficient (Wildman–Crippen LogP) is 5.37. The summed E-state index contributed by atoms with van der Waals surface area (Å²) in [7, 11) is 0. The number of carbonyl (C=O) groups excluding carboxylic acids is 2. The van der Waals surface area contributed by atoms with Gasteiger partial charge >= 0.3 is 0 Å². The molecule has 0 aliphatic rings. The van der Waals surface area contributed by atoms with E-state index in [9.17, 15) is 9.59 Å². The second-order valence-electron chi connectivity index (χ2n) is 7.30. The summed E-state index contributed by atoms with van der Waals surface area (Å²) in [5, 5.41) is 5.90. The predicted molar refractivity (Wildman–Crippen MR) is 115 cm³/mol. The second kappa shape index (κ2) is 12.7. The van der Waals surface area contributed by atoms with Crippen LogP contribution in [0.5, 0.6) is 0 Å². The lowest BCUT2D eigenvalue weighted by molar-refractivity contribution is -0.121. The van der Waals surface area contributed by atoms with Gasteiger partial charge < -0.3 is 10.6 Å². The molecule has 0 aliphatic heterocycles. The van der Waals surface area contributed by atoms with Gasteiger partial charge in [-0.15, -0.1) is 0 Å². The first-order valence-electron chi connectivity index (χ1n) is 10.3. The number of hydrogen-bond donors (Lipinski definition) is 2. The van der Waals surface area contributed by atoms with Gasteiger partial charge in [-0.3, -0.25) is 9.59 Å². The SMILES string of the molecule is Cc1ccc(NC(=O)CCCCCCCCC(=O)NCc2ccccc2)cc1. The van der Waals surface area contributed by atoms with Crippen LogP contribution in [0.15, 0.2) is 54.6 Å². The lowest BCUT2D eigenvalue weighted by Gasteiger charge is -2.06. The van der Waals surface area contributed by atoms with E-state index in [0.717, 1.165) is 49.8 Å². The Hall–Kier alpha value is -2.62. The van der Waals surface area contributed by atoms with Crippen LogP contribution in [0.2, 0.25) is 0 Å². The Bertz CT molecular complexity index is 711. The molecule has 0 spiro atoms. The highest BCUT2D eigenvalue weighted by atomic mass is 16.2. The Labute approximate surface area is 168 Å². The quantitative estimate of drug-likeness (QED) is 0.486. The van der Waals surface area contributed by atoms with Crippen molar-refractivity contribution in [2.45, 2.75) is 64.8 Å². The van der Waals surface area contributed by atoms with E-state index in [1.54, 1.807) is 0 Å². The molecule has 150 valence electrons. The fourth-order valence-corrected chi connectivity index (χ4v) is 3.02. The summed E-state index contributed by atoms with van der Waals surface area (Å²) >= 11 is 0. The maximum Gasteiger partial charge on any atom is 0.224 e. The Kier molecular flexibility index (Phi) is 9.84. The van der Waals surface area contributed by atoms with Gasteiger partial charge in [-0.05, 0) is 37.5 Å². The average Bonchev–Trinajstić information content (AvgIpc) is 2.71. The highest BCUT2D eigenvalue weighted by Crippen LogP contribution is 2.12. The third-order valence-corrected chi connectivity index (χ3v) is 4.73. The molecule has 0 bridgehead atoms. The number of unbranched alkanes of at least 4 members (excludes halogenated alkanes) is 5. The summed E-state index contributed by atoms with van der Waals surface area (Å²) in [5.41, 5.74) is 3.18. The van der Waals surface area contributed by atoms with Crippen LogP contribution in [0.3, 0.4) is 0 Å². The van der Waals surface area contributed by atoms with Crippen molar-refractivity contribution in [2.24, 2.45) is 0 Å². The molecule has 0 unspecified atom stereocenters. The molecule has 28 heavy (non-hydrogen) atoms. The van der Waals surface area contributed by atoms with Crippen molar-refractivity contribution in [3.05, 3.63) is 65.7 Å².